The normalized spacial score (nSPS) is 10.5. The second kappa shape index (κ2) is 5.27. The number of halogens is 1. The molecule has 0 saturated heterocycles. The van der Waals surface area contributed by atoms with Crippen LogP contribution in [0.25, 0.3) is 11.5 Å². The molecular weight excluding hydrogens is 282 g/mol. The van der Waals surface area contributed by atoms with Gasteiger partial charge in [0.1, 0.15) is 11.5 Å². The zero-order valence-electron chi connectivity index (χ0n) is 9.81. The number of hydrogen-bond acceptors (Lipinski definition) is 4. The summed E-state index contributed by atoms with van der Waals surface area (Å²) in [5, 5.41) is 3.02. The summed E-state index contributed by atoms with van der Waals surface area (Å²) >= 11 is 3.39. The Labute approximate surface area is 108 Å². The zero-order chi connectivity index (χ0) is 12.3. The van der Waals surface area contributed by atoms with Crippen LogP contribution in [0.2, 0.25) is 0 Å². The Bertz CT molecular complexity index is 508. The molecule has 0 aliphatic rings. The fraction of sp³-hybridized carbons (Fsp3) is 0.364. The Morgan fingerprint density at radius 2 is 2.24 bits per heavy atom. The van der Waals surface area contributed by atoms with E-state index >= 15 is 0 Å². The molecule has 0 saturated carbocycles. The van der Waals surface area contributed by atoms with Gasteiger partial charge < -0.3 is 9.88 Å². The topological polar surface area (TPSA) is 55.6 Å². The van der Waals surface area contributed by atoms with E-state index in [9.17, 15) is 0 Å². The summed E-state index contributed by atoms with van der Waals surface area (Å²) in [6.45, 7) is 3.05. The van der Waals surface area contributed by atoms with Crippen molar-refractivity contribution in [3.8, 4) is 11.5 Å². The molecule has 0 atom stereocenters. The lowest BCUT2D eigenvalue weighted by Crippen LogP contribution is -2.02. The maximum Gasteiger partial charge on any atom is 0.179 e. The summed E-state index contributed by atoms with van der Waals surface area (Å²) in [6.07, 6.45) is 6.40. The summed E-state index contributed by atoms with van der Waals surface area (Å²) < 4.78 is 2.91. The lowest BCUT2D eigenvalue weighted by Gasteiger charge is -2.07. The molecule has 1 N–H and O–H groups in total. The highest BCUT2D eigenvalue weighted by Crippen LogP contribution is 2.22. The number of imidazole rings is 1. The SMILES string of the molecule is CCCn1cncc1-c1ncc(Br)c(NC)n1. The van der Waals surface area contributed by atoms with E-state index in [0.717, 1.165) is 29.0 Å². The number of aromatic nitrogens is 4. The van der Waals surface area contributed by atoms with E-state index in [0.29, 0.717) is 5.82 Å². The summed E-state index contributed by atoms with van der Waals surface area (Å²) in [4.78, 5) is 12.9. The van der Waals surface area contributed by atoms with E-state index in [2.05, 4.69) is 47.7 Å². The minimum atomic E-state index is 0.684. The van der Waals surface area contributed by atoms with Crippen molar-refractivity contribution in [1.82, 2.24) is 19.5 Å². The minimum Gasteiger partial charge on any atom is -0.372 e. The molecule has 0 fully saturated rings. The molecule has 0 bridgehead atoms. The highest BCUT2D eigenvalue weighted by Gasteiger charge is 2.10. The van der Waals surface area contributed by atoms with Gasteiger partial charge in [-0.25, -0.2) is 15.0 Å². The van der Waals surface area contributed by atoms with Gasteiger partial charge in [0.2, 0.25) is 0 Å². The van der Waals surface area contributed by atoms with Crippen LogP contribution in [0.4, 0.5) is 5.82 Å². The van der Waals surface area contributed by atoms with Gasteiger partial charge in [0.05, 0.1) is 17.0 Å². The van der Waals surface area contributed by atoms with Crippen molar-refractivity contribution in [1.29, 1.82) is 0 Å². The van der Waals surface area contributed by atoms with Crippen molar-refractivity contribution in [3.05, 3.63) is 23.2 Å². The molecule has 2 heterocycles. The highest BCUT2D eigenvalue weighted by molar-refractivity contribution is 9.10. The largest absolute Gasteiger partial charge is 0.372 e. The molecule has 0 spiro atoms. The second-order valence-electron chi connectivity index (χ2n) is 3.61. The first-order valence-electron chi connectivity index (χ1n) is 5.47. The van der Waals surface area contributed by atoms with Crippen LogP contribution in [0.3, 0.4) is 0 Å². The Morgan fingerprint density at radius 3 is 2.94 bits per heavy atom. The lowest BCUT2D eigenvalue weighted by atomic mass is 10.4. The Morgan fingerprint density at radius 1 is 1.41 bits per heavy atom. The molecule has 2 aromatic heterocycles. The van der Waals surface area contributed by atoms with Crippen LogP contribution < -0.4 is 5.32 Å². The van der Waals surface area contributed by atoms with Gasteiger partial charge in [-0.05, 0) is 22.4 Å². The molecule has 0 aliphatic heterocycles. The highest BCUT2D eigenvalue weighted by atomic mass is 79.9. The number of anilines is 1. The quantitative estimate of drug-likeness (QED) is 0.942. The van der Waals surface area contributed by atoms with Crippen LogP contribution in [-0.2, 0) is 6.54 Å². The summed E-state index contributed by atoms with van der Waals surface area (Å²) in [5.41, 5.74) is 0.941. The van der Waals surface area contributed by atoms with Gasteiger partial charge in [0.25, 0.3) is 0 Å². The third-order valence-corrected chi connectivity index (χ3v) is 2.97. The molecule has 2 aromatic rings. The number of hydrogen-bond donors (Lipinski definition) is 1. The van der Waals surface area contributed by atoms with Gasteiger partial charge in [-0.1, -0.05) is 6.92 Å². The Kier molecular flexibility index (Phi) is 3.73. The van der Waals surface area contributed by atoms with E-state index in [1.54, 1.807) is 12.4 Å². The van der Waals surface area contributed by atoms with Crippen LogP contribution in [-0.4, -0.2) is 26.6 Å². The average molecular weight is 296 g/mol. The van der Waals surface area contributed by atoms with Crippen LogP contribution >= 0.6 is 15.9 Å². The molecule has 6 heteroatoms. The summed E-state index contributed by atoms with van der Waals surface area (Å²) in [7, 11) is 1.83. The van der Waals surface area contributed by atoms with Crippen molar-refractivity contribution in [3.63, 3.8) is 0 Å². The van der Waals surface area contributed by atoms with Crippen LogP contribution in [0, 0.1) is 0 Å². The van der Waals surface area contributed by atoms with E-state index in [-0.39, 0.29) is 0 Å². The Balaban J connectivity index is 2.42. The van der Waals surface area contributed by atoms with Gasteiger partial charge >= 0.3 is 0 Å². The molecule has 0 aliphatic carbocycles. The first kappa shape index (κ1) is 12.0. The summed E-state index contributed by atoms with van der Waals surface area (Å²) in [6, 6.07) is 0. The molecule has 2 rings (SSSR count). The molecular formula is C11H14BrN5. The lowest BCUT2D eigenvalue weighted by molar-refractivity contribution is 0.681. The molecule has 0 aromatic carbocycles. The van der Waals surface area contributed by atoms with Gasteiger partial charge in [-0.3, -0.25) is 0 Å². The molecule has 0 unspecified atom stereocenters. The third kappa shape index (κ3) is 2.46. The molecule has 90 valence electrons. The number of nitrogens with zero attached hydrogens (tertiary/aromatic N) is 4. The third-order valence-electron chi connectivity index (χ3n) is 2.39. The first-order valence-corrected chi connectivity index (χ1v) is 6.26. The number of nitrogens with one attached hydrogen (secondary N) is 1. The fourth-order valence-electron chi connectivity index (χ4n) is 1.59. The predicted molar refractivity (Wildman–Crippen MR) is 70.8 cm³/mol. The smallest absolute Gasteiger partial charge is 0.179 e. The van der Waals surface area contributed by atoms with Crippen molar-refractivity contribution in [2.24, 2.45) is 0 Å². The maximum absolute atomic E-state index is 4.45. The van der Waals surface area contributed by atoms with Gasteiger partial charge in [0, 0.05) is 19.8 Å². The number of aryl methyl sites for hydroxylation is 1. The number of rotatable bonds is 4. The standard InChI is InChI=1S/C11H14BrN5/c1-3-4-17-7-14-6-9(17)11-15-5-8(12)10(13-2)16-11/h5-7H,3-4H2,1-2H3,(H,13,15,16). The van der Waals surface area contributed by atoms with E-state index in [4.69, 9.17) is 0 Å². The van der Waals surface area contributed by atoms with Crippen molar-refractivity contribution >= 4 is 21.7 Å². The van der Waals surface area contributed by atoms with E-state index in [1.165, 1.54) is 0 Å². The van der Waals surface area contributed by atoms with Gasteiger partial charge in [-0.15, -0.1) is 0 Å². The molecule has 5 nitrogen and oxygen atoms in total. The second-order valence-corrected chi connectivity index (χ2v) is 4.47. The monoisotopic (exact) mass is 295 g/mol. The average Bonchev–Trinajstić information content (AvgIpc) is 2.78. The molecule has 17 heavy (non-hydrogen) atoms. The van der Waals surface area contributed by atoms with Gasteiger partial charge in [0.15, 0.2) is 5.82 Å². The zero-order valence-corrected chi connectivity index (χ0v) is 11.4. The summed E-state index contributed by atoms with van der Waals surface area (Å²) in [5.74, 6) is 1.46. The van der Waals surface area contributed by atoms with E-state index in [1.807, 2.05) is 13.4 Å². The predicted octanol–water partition coefficient (Wildman–Crippen LogP) is 2.55. The molecule has 0 amide bonds. The van der Waals surface area contributed by atoms with Crippen LogP contribution in [0.15, 0.2) is 23.2 Å². The van der Waals surface area contributed by atoms with Crippen LogP contribution in [0.1, 0.15) is 13.3 Å². The first-order chi connectivity index (χ1) is 8.26. The minimum absolute atomic E-state index is 0.684. The van der Waals surface area contributed by atoms with E-state index < -0.39 is 0 Å². The van der Waals surface area contributed by atoms with Crippen molar-refractivity contribution in [2.75, 3.05) is 12.4 Å². The van der Waals surface area contributed by atoms with Crippen molar-refractivity contribution in [2.45, 2.75) is 19.9 Å². The van der Waals surface area contributed by atoms with Crippen molar-refractivity contribution < 1.29 is 0 Å². The fourth-order valence-corrected chi connectivity index (χ4v) is 1.98. The maximum atomic E-state index is 4.45. The Hall–Kier alpha value is -1.43. The molecule has 0 radical (unpaired) electrons. The van der Waals surface area contributed by atoms with Gasteiger partial charge in [-0.2, -0.15) is 0 Å². The van der Waals surface area contributed by atoms with Crippen LogP contribution in [0.5, 0.6) is 0 Å².